The van der Waals surface area contributed by atoms with Crippen LogP contribution in [0.3, 0.4) is 0 Å². The molecule has 0 aromatic rings. The Hall–Kier alpha value is -3.19. The van der Waals surface area contributed by atoms with Crippen LogP contribution in [0, 0.1) is 0 Å². The molecule has 1 heterocycles. The summed E-state index contributed by atoms with van der Waals surface area (Å²) in [4.78, 5) is 36.4. The molecule has 0 aromatic heterocycles. The van der Waals surface area contributed by atoms with Crippen molar-refractivity contribution in [1.82, 2.24) is 10.2 Å². The van der Waals surface area contributed by atoms with E-state index < -0.39 is 11.9 Å². The third-order valence-electron chi connectivity index (χ3n) is 5.46. The lowest BCUT2D eigenvalue weighted by Gasteiger charge is -2.33. The number of carbonyl (C=O) groups is 3. The molecule has 1 aliphatic heterocycles. The summed E-state index contributed by atoms with van der Waals surface area (Å²) in [6, 6.07) is -0.472. The highest BCUT2D eigenvalue weighted by molar-refractivity contribution is 5.87. The van der Waals surface area contributed by atoms with E-state index in [-0.39, 0.29) is 11.8 Å². The third kappa shape index (κ3) is 20.7. The number of allylic oxidation sites excluding steroid dienone is 10. The van der Waals surface area contributed by atoms with E-state index >= 15 is 0 Å². The Morgan fingerprint density at radius 2 is 1.70 bits per heavy atom. The van der Waals surface area contributed by atoms with Crippen LogP contribution in [0.15, 0.2) is 71.5 Å². The van der Waals surface area contributed by atoms with Crippen LogP contribution in [0.25, 0.3) is 0 Å². The fourth-order valence-electron chi connectivity index (χ4n) is 3.61. The first kappa shape index (κ1) is 41.3. The van der Waals surface area contributed by atoms with Crippen LogP contribution in [0.4, 0.5) is 0 Å². The average molecular weight is 559 g/mol. The van der Waals surface area contributed by atoms with Crippen molar-refractivity contribution < 1.29 is 14.4 Å². The molecule has 3 amide bonds. The van der Waals surface area contributed by atoms with Gasteiger partial charge in [0.05, 0.1) is 0 Å². The van der Waals surface area contributed by atoms with E-state index in [1.165, 1.54) is 18.1 Å². The van der Waals surface area contributed by atoms with E-state index in [0.717, 1.165) is 24.8 Å². The number of primary amides is 1. The van der Waals surface area contributed by atoms with Crippen molar-refractivity contribution in [2.24, 2.45) is 11.5 Å². The topological polar surface area (TPSA) is 119 Å². The van der Waals surface area contributed by atoms with E-state index in [0.29, 0.717) is 32.4 Å². The van der Waals surface area contributed by atoms with Crippen molar-refractivity contribution >= 4 is 17.7 Å². The van der Waals surface area contributed by atoms with E-state index in [1.54, 1.807) is 17.2 Å². The summed E-state index contributed by atoms with van der Waals surface area (Å²) in [6.45, 7) is 18.7. The van der Waals surface area contributed by atoms with Crippen molar-refractivity contribution in [2.45, 2.75) is 107 Å². The lowest BCUT2D eigenvalue weighted by atomic mass is 10.00. The van der Waals surface area contributed by atoms with Gasteiger partial charge in [0.25, 0.3) is 0 Å². The van der Waals surface area contributed by atoms with Gasteiger partial charge < -0.3 is 21.7 Å². The maximum Gasteiger partial charge on any atom is 0.240 e. The number of carbonyl (C=O) groups excluding carboxylic acids is 3. The first-order valence-corrected chi connectivity index (χ1v) is 14.9. The molecule has 1 saturated heterocycles. The van der Waals surface area contributed by atoms with Crippen molar-refractivity contribution in [3.63, 3.8) is 0 Å². The van der Waals surface area contributed by atoms with Gasteiger partial charge in [0.15, 0.2) is 0 Å². The number of likely N-dealkylation sites (tertiary alicyclic amines) is 1. The molecular weight excluding hydrogens is 500 g/mol. The summed E-state index contributed by atoms with van der Waals surface area (Å²) >= 11 is 0. The molecule has 2 aliphatic rings. The van der Waals surface area contributed by atoms with Gasteiger partial charge in [-0.3, -0.25) is 14.4 Å². The second kappa shape index (κ2) is 28.8. The zero-order valence-electron chi connectivity index (χ0n) is 26.8. The number of amides is 3. The fourth-order valence-corrected chi connectivity index (χ4v) is 3.61. The molecule has 1 atom stereocenters. The lowest BCUT2D eigenvalue weighted by Crippen LogP contribution is -2.50. The molecule has 7 heteroatoms. The Balaban J connectivity index is -0.000000708. The van der Waals surface area contributed by atoms with Crippen molar-refractivity contribution in [1.29, 1.82) is 0 Å². The Morgan fingerprint density at radius 1 is 1.05 bits per heavy atom. The minimum Gasteiger partial charge on any atom is -0.368 e. The molecule has 1 aliphatic carbocycles. The standard InChI is InChI=1S/C18H27N3O3.C9H13N.3C2H6/c1-3-7-15(8-6-12-20-14(2)22)10-11-17(23)21-13-5-4-9-16(21)18(19)24;1-8-3-2-4-9(7-10)6-5-8;3*1-2/h3,6-8,12,16H,4-5,9-11,13H2,1-2H3,(H2,19,24)(H,20,22);2-3,5-6H,4,7,10H2,1H3;3*1-2H3/b7-3-,12-6+,15-8+;;;;. The Morgan fingerprint density at radius 3 is 2.25 bits per heavy atom. The molecule has 0 aromatic carbocycles. The molecule has 228 valence electrons. The summed E-state index contributed by atoms with van der Waals surface area (Å²) in [5.74, 6) is -0.602. The van der Waals surface area contributed by atoms with Crippen LogP contribution < -0.4 is 16.8 Å². The molecule has 5 N–H and O–H groups in total. The van der Waals surface area contributed by atoms with Crippen LogP contribution in [0.1, 0.15) is 101 Å². The maximum atomic E-state index is 12.4. The van der Waals surface area contributed by atoms with Crippen LogP contribution >= 0.6 is 0 Å². The molecule has 2 rings (SSSR count). The van der Waals surface area contributed by atoms with Gasteiger partial charge in [-0.25, -0.2) is 0 Å². The quantitative estimate of drug-likeness (QED) is 0.289. The maximum absolute atomic E-state index is 12.4. The number of piperidine rings is 1. The number of rotatable bonds is 8. The lowest BCUT2D eigenvalue weighted by molar-refractivity contribution is -0.141. The molecule has 1 fully saturated rings. The molecule has 0 spiro atoms. The van der Waals surface area contributed by atoms with Crippen molar-refractivity contribution in [3.05, 3.63) is 71.5 Å². The normalized spacial score (nSPS) is 16.3. The zero-order chi connectivity index (χ0) is 31.3. The molecule has 0 radical (unpaired) electrons. The summed E-state index contributed by atoms with van der Waals surface area (Å²) in [5.41, 5.74) is 14.5. The molecule has 40 heavy (non-hydrogen) atoms. The number of nitrogens with zero attached hydrogens (tertiary/aromatic N) is 1. The van der Waals surface area contributed by atoms with E-state index in [2.05, 4.69) is 36.5 Å². The zero-order valence-corrected chi connectivity index (χ0v) is 26.8. The van der Waals surface area contributed by atoms with Crippen molar-refractivity contribution in [2.75, 3.05) is 13.1 Å². The van der Waals surface area contributed by atoms with Gasteiger partial charge in [0.1, 0.15) is 6.04 Å². The summed E-state index contributed by atoms with van der Waals surface area (Å²) < 4.78 is 0. The highest BCUT2D eigenvalue weighted by Gasteiger charge is 2.30. The molecular formula is C33H58N4O3. The van der Waals surface area contributed by atoms with Gasteiger partial charge in [0, 0.05) is 32.6 Å². The second-order valence-electron chi connectivity index (χ2n) is 8.35. The first-order valence-electron chi connectivity index (χ1n) is 14.9. The molecule has 1 unspecified atom stereocenters. The molecule has 0 saturated carbocycles. The summed E-state index contributed by atoms with van der Waals surface area (Å²) in [5, 5.41) is 2.56. The van der Waals surface area contributed by atoms with Crippen molar-refractivity contribution in [3.8, 4) is 0 Å². The summed E-state index contributed by atoms with van der Waals surface area (Å²) in [7, 11) is 0. The highest BCUT2D eigenvalue weighted by atomic mass is 16.2. The Bertz CT molecular complexity index is 880. The second-order valence-corrected chi connectivity index (χ2v) is 8.35. The third-order valence-corrected chi connectivity index (χ3v) is 5.46. The smallest absolute Gasteiger partial charge is 0.240 e. The van der Waals surface area contributed by atoms with Crippen LogP contribution in [-0.4, -0.2) is 41.8 Å². The SMILES string of the molecule is CC.CC.CC.CC1=CC=C(CN)CC=C1.C\C=C/C(=C\C=C\NC(C)=O)CCC(=O)N1CCCCC1C(N)=O. The van der Waals surface area contributed by atoms with Gasteiger partial charge in [-0.05, 0) is 57.6 Å². The number of hydrogen-bond acceptors (Lipinski definition) is 4. The minimum absolute atomic E-state index is 0.0419. The minimum atomic E-state index is -0.472. The first-order chi connectivity index (χ1) is 19.3. The number of nitrogens with two attached hydrogens (primary N) is 2. The monoisotopic (exact) mass is 558 g/mol. The largest absolute Gasteiger partial charge is 0.368 e. The van der Waals surface area contributed by atoms with Gasteiger partial charge in [-0.1, -0.05) is 95.2 Å². The highest BCUT2D eigenvalue weighted by Crippen LogP contribution is 2.19. The summed E-state index contributed by atoms with van der Waals surface area (Å²) in [6.07, 6.45) is 21.8. The van der Waals surface area contributed by atoms with Gasteiger partial charge in [0.2, 0.25) is 17.7 Å². The van der Waals surface area contributed by atoms with E-state index in [9.17, 15) is 14.4 Å². The predicted octanol–water partition coefficient (Wildman–Crippen LogP) is 6.64. The predicted molar refractivity (Wildman–Crippen MR) is 172 cm³/mol. The van der Waals surface area contributed by atoms with Crippen LogP contribution in [-0.2, 0) is 14.4 Å². The van der Waals surface area contributed by atoms with Gasteiger partial charge >= 0.3 is 0 Å². The van der Waals surface area contributed by atoms with Crippen LogP contribution in [0.5, 0.6) is 0 Å². The molecule has 7 nitrogen and oxygen atoms in total. The average Bonchev–Trinajstić information content (AvgIpc) is 3.20. The fraction of sp³-hybridized carbons (Fsp3) is 0.545. The van der Waals surface area contributed by atoms with Gasteiger partial charge in [-0.2, -0.15) is 0 Å². The Kier molecular flexibility index (Phi) is 29.7. The Labute approximate surface area is 245 Å². The van der Waals surface area contributed by atoms with E-state index in [1.807, 2.05) is 66.7 Å². The number of hydrogen-bond donors (Lipinski definition) is 3. The van der Waals surface area contributed by atoms with Crippen LogP contribution in [0.2, 0.25) is 0 Å². The molecule has 0 bridgehead atoms. The van der Waals surface area contributed by atoms with E-state index in [4.69, 9.17) is 11.5 Å². The number of nitrogens with one attached hydrogen (secondary N) is 1. The van der Waals surface area contributed by atoms with Gasteiger partial charge in [-0.15, -0.1) is 0 Å².